The molecule has 1 saturated heterocycles. The zero-order valence-electron chi connectivity index (χ0n) is 33.7. The Morgan fingerprint density at radius 1 is 0.943 bits per heavy atom. The molecule has 0 aliphatic carbocycles. The van der Waals surface area contributed by atoms with Gasteiger partial charge in [0.1, 0.15) is 6.04 Å². The fourth-order valence-electron chi connectivity index (χ4n) is 6.30. The number of hydrazine groups is 1. The molecule has 6 amide bonds. The van der Waals surface area contributed by atoms with E-state index in [1.54, 1.807) is 14.8 Å². The minimum Gasteiger partial charge on any atom is -0.452 e. The zero-order valence-corrected chi connectivity index (χ0v) is 33.7. The molecular weight excluding hydrogens is 674 g/mol. The Balaban J connectivity index is 1.89. The van der Waals surface area contributed by atoms with Crippen molar-refractivity contribution in [3.63, 3.8) is 0 Å². The lowest BCUT2D eigenvalue weighted by molar-refractivity contribution is -0.130. The number of nitrogens with one attached hydrogen (secondary N) is 2. The molecule has 0 saturated carbocycles. The number of benzene rings is 1. The predicted octanol–water partition coefficient (Wildman–Crippen LogP) is 5.61. The van der Waals surface area contributed by atoms with Crippen LogP contribution in [0.5, 0.6) is 0 Å². The number of amides is 6. The topological polar surface area (TPSA) is 148 Å². The van der Waals surface area contributed by atoms with Crippen LogP contribution in [0.4, 0.5) is 14.4 Å². The SMILES string of the molecule is COC(=O)N(CC(C)(C)C)C(=O)NN(CCC(C)(C)C)CC(O)C(Cc1ccccc1)NC(=O)C(N1CCN(Cc2cccc(C)n2)C1=O)C(C)(C)C. The predicted molar refractivity (Wildman–Crippen MR) is 206 cm³/mol. The van der Waals surface area contributed by atoms with Gasteiger partial charge in [-0.1, -0.05) is 98.7 Å². The molecule has 0 radical (unpaired) electrons. The molecule has 1 aromatic carbocycles. The van der Waals surface area contributed by atoms with Gasteiger partial charge in [-0.05, 0) is 53.7 Å². The fourth-order valence-corrected chi connectivity index (χ4v) is 6.30. The lowest BCUT2D eigenvalue weighted by atomic mass is 9.84. The number of aliphatic hydroxyl groups excluding tert-OH is 1. The van der Waals surface area contributed by atoms with E-state index in [-0.39, 0.29) is 30.4 Å². The van der Waals surface area contributed by atoms with E-state index >= 15 is 0 Å². The zero-order chi connectivity index (χ0) is 39.7. The Morgan fingerprint density at radius 2 is 1.60 bits per heavy atom. The van der Waals surface area contributed by atoms with Crippen molar-refractivity contribution in [3.05, 3.63) is 65.5 Å². The molecule has 0 bridgehead atoms. The maximum atomic E-state index is 14.4. The summed E-state index contributed by atoms with van der Waals surface area (Å²) < 4.78 is 4.92. The molecule has 53 heavy (non-hydrogen) atoms. The van der Waals surface area contributed by atoms with Crippen molar-refractivity contribution < 1.29 is 29.0 Å². The van der Waals surface area contributed by atoms with E-state index in [2.05, 4.69) is 36.5 Å². The lowest BCUT2D eigenvalue weighted by Crippen LogP contribution is -2.60. The van der Waals surface area contributed by atoms with Crippen molar-refractivity contribution in [1.82, 2.24) is 35.4 Å². The Morgan fingerprint density at radius 3 is 2.17 bits per heavy atom. The standard InChI is InChI=1S/C40H63N7O6/c1-28-16-15-19-30(41-28)25-44-22-23-46(36(44)51)33(40(8,9)10)34(49)42-31(24-29-17-13-12-14-18-29)32(48)26-45(21-20-38(2,3)4)43-35(50)47(37(52)53-11)27-39(5,6)7/h12-19,31-33,48H,20-27H2,1-11H3,(H,42,49)(H,43,50). The van der Waals surface area contributed by atoms with Gasteiger partial charge in [-0.25, -0.2) is 24.3 Å². The molecule has 1 aromatic heterocycles. The maximum absolute atomic E-state index is 14.4. The first-order valence-corrected chi connectivity index (χ1v) is 18.5. The summed E-state index contributed by atoms with van der Waals surface area (Å²) in [6.45, 7) is 21.2. The van der Waals surface area contributed by atoms with Crippen LogP contribution in [0.1, 0.15) is 85.7 Å². The van der Waals surface area contributed by atoms with Crippen molar-refractivity contribution in [2.75, 3.05) is 39.8 Å². The summed E-state index contributed by atoms with van der Waals surface area (Å²) in [4.78, 5) is 63.4. The van der Waals surface area contributed by atoms with Crippen molar-refractivity contribution in [1.29, 1.82) is 0 Å². The highest BCUT2D eigenvalue weighted by atomic mass is 16.5. The number of imide groups is 1. The number of methoxy groups -OCH3 is 1. The first-order chi connectivity index (χ1) is 24.6. The molecule has 0 spiro atoms. The first kappa shape index (κ1) is 43.2. The number of aryl methyl sites for hydroxylation is 1. The minimum atomic E-state index is -1.16. The Labute approximate surface area is 316 Å². The third-order valence-electron chi connectivity index (χ3n) is 8.96. The quantitative estimate of drug-likeness (QED) is 0.212. The summed E-state index contributed by atoms with van der Waals surface area (Å²) >= 11 is 0. The first-order valence-electron chi connectivity index (χ1n) is 18.5. The van der Waals surface area contributed by atoms with Gasteiger partial charge in [0.05, 0.1) is 31.5 Å². The van der Waals surface area contributed by atoms with Crippen LogP contribution in [0.25, 0.3) is 0 Å². The highest BCUT2D eigenvalue weighted by molar-refractivity contribution is 5.91. The molecule has 2 aromatic rings. The molecule has 13 nitrogen and oxygen atoms in total. The summed E-state index contributed by atoms with van der Waals surface area (Å²) in [5.41, 5.74) is 4.22. The number of rotatable bonds is 14. The van der Waals surface area contributed by atoms with Crippen LogP contribution in [0.15, 0.2) is 48.5 Å². The Hall–Kier alpha value is -4.23. The van der Waals surface area contributed by atoms with Gasteiger partial charge in [0, 0.05) is 38.4 Å². The summed E-state index contributed by atoms with van der Waals surface area (Å²) in [6.07, 6.45) is -0.998. The number of hydrogen-bond acceptors (Lipinski definition) is 8. The van der Waals surface area contributed by atoms with E-state index in [0.29, 0.717) is 39.0 Å². The van der Waals surface area contributed by atoms with Crippen LogP contribution in [-0.2, 0) is 22.5 Å². The smallest absolute Gasteiger partial charge is 0.417 e. The summed E-state index contributed by atoms with van der Waals surface area (Å²) in [5, 5.41) is 16.7. The Bertz CT molecular complexity index is 1530. The third-order valence-corrected chi connectivity index (χ3v) is 8.96. The van der Waals surface area contributed by atoms with Crippen LogP contribution in [0, 0.1) is 23.2 Å². The number of hydrogen-bond donors (Lipinski definition) is 3. The molecule has 3 rings (SSSR count). The van der Waals surface area contributed by atoms with Gasteiger partial charge in [-0.15, -0.1) is 0 Å². The van der Waals surface area contributed by atoms with Crippen LogP contribution < -0.4 is 10.7 Å². The molecule has 13 heteroatoms. The number of aliphatic hydroxyl groups is 1. The second-order valence-electron chi connectivity index (χ2n) is 17.6. The average molecular weight is 738 g/mol. The third kappa shape index (κ3) is 13.6. The van der Waals surface area contributed by atoms with Crippen LogP contribution in [0.3, 0.4) is 0 Å². The van der Waals surface area contributed by atoms with Gasteiger partial charge < -0.3 is 25.0 Å². The molecule has 3 atom stereocenters. The molecule has 1 fully saturated rings. The largest absolute Gasteiger partial charge is 0.452 e. The second kappa shape index (κ2) is 18.2. The maximum Gasteiger partial charge on any atom is 0.417 e. The average Bonchev–Trinajstić information content (AvgIpc) is 3.39. The highest BCUT2D eigenvalue weighted by Gasteiger charge is 2.44. The lowest BCUT2D eigenvalue weighted by Gasteiger charge is -2.38. The van der Waals surface area contributed by atoms with Gasteiger partial charge in [0.25, 0.3) is 0 Å². The van der Waals surface area contributed by atoms with Gasteiger partial charge in [-0.3, -0.25) is 15.2 Å². The number of ether oxygens (including phenoxy) is 1. The van der Waals surface area contributed by atoms with Crippen LogP contribution in [-0.4, -0.2) is 112 Å². The van der Waals surface area contributed by atoms with Crippen molar-refractivity contribution in [2.24, 2.45) is 16.2 Å². The number of carbonyl (C=O) groups is 4. The van der Waals surface area contributed by atoms with E-state index in [9.17, 15) is 24.3 Å². The monoisotopic (exact) mass is 737 g/mol. The summed E-state index contributed by atoms with van der Waals surface area (Å²) in [7, 11) is 1.22. The van der Waals surface area contributed by atoms with E-state index in [4.69, 9.17) is 4.74 Å². The summed E-state index contributed by atoms with van der Waals surface area (Å²) in [5.74, 6) is -0.381. The molecule has 3 N–H and O–H groups in total. The van der Waals surface area contributed by atoms with Gasteiger partial charge >= 0.3 is 18.2 Å². The molecular formula is C40H63N7O6. The van der Waals surface area contributed by atoms with Crippen molar-refractivity contribution in [3.8, 4) is 0 Å². The van der Waals surface area contributed by atoms with Crippen molar-refractivity contribution >= 4 is 24.1 Å². The number of nitrogens with zero attached hydrogens (tertiary/aromatic N) is 5. The summed E-state index contributed by atoms with van der Waals surface area (Å²) in [6, 6.07) is 12.7. The van der Waals surface area contributed by atoms with E-state index in [1.807, 2.05) is 97.0 Å². The fraction of sp³-hybridized carbons (Fsp3) is 0.625. The minimum absolute atomic E-state index is 0.0514. The van der Waals surface area contributed by atoms with E-state index in [1.165, 1.54) is 7.11 Å². The molecule has 3 unspecified atom stereocenters. The van der Waals surface area contributed by atoms with Crippen LogP contribution in [0.2, 0.25) is 0 Å². The number of urea groups is 2. The second-order valence-corrected chi connectivity index (χ2v) is 17.6. The molecule has 2 heterocycles. The molecule has 1 aliphatic heterocycles. The number of pyridine rings is 1. The van der Waals surface area contributed by atoms with Crippen molar-refractivity contribution in [2.45, 2.75) is 107 Å². The van der Waals surface area contributed by atoms with Crippen LogP contribution >= 0.6 is 0 Å². The van der Waals surface area contributed by atoms with E-state index in [0.717, 1.165) is 21.9 Å². The number of carbonyl (C=O) groups excluding carboxylic acids is 4. The van der Waals surface area contributed by atoms with Gasteiger partial charge in [0.2, 0.25) is 5.91 Å². The van der Waals surface area contributed by atoms with Gasteiger partial charge in [0.15, 0.2) is 0 Å². The number of aromatic nitrogens is 1. The Kier molecular flexibility index (Phi) is 14.8. The normalized spacial score (nSPS) is 15.6. The van der Waals surface area contributed by atoms with Gasteiger partial charge in [-0.2, -0.15) is 0 Å². The molecule has 1 aliphatic rings. The highest BCUT2D eigenvalue weighted by Crippen LogP contribution is 2.29. The van der Waals surface area contributed by atoms with E-state index < -0.39 is 41.1 Å². The molecule has 294 valence electrons.